The molecule has 0 atom stereocenters. The maximum Gasteiger partial charge on any atom is 0.123 e. The van der Waals surface area contributed by atoms with Gasteiger partial charge in [-0.25, -0.2) is 0 Å². The van der Waals surface area contributed by atoms with Gasteiger partial charge < -0.3 is 4.74 Å². The van der Waals surface area contributed by atoms with E-state index in [2.05, 4.69) is 40.0 Å². The topological polar surface area (TPSA) is 22.1 Å². The van der Waals surface area contributed by atoms with Gasteiger partial charge in [-0.15, -0.1) is 0 Å². The van der Waals surface area contributed by atoms with Gasteiger partial charge in [-0.1, -0.05) is 33.6 Å². The Morgan fingerprint density at radius 3 is 2.67 bits per heavy atom. The molecule has 1 aromatic heterocycles. The molecule has 0 spiro atoms. The second-order valence-electron chi connectivity index (χ2n) is 4.20. The zero-order valence-corrected chi connectivity index (χ0v) is 12.0. The van der Waals surface area contributed by atoms with Gasteiger partial charge in [0.05, 0.1) is 6.61 Å². The zero-order valence-electron chi connectivity index (χ0n) is 10.4. The molecule has 0 saturated carbocycles. The van der Waals surface area contributed by atoms with E-state index in [1.807, 2.05) is 30.6 Å². The monoisotopic (exact) mass is 305 g/mol. The van der Waals surface area contributed by atoms with Crippen LogP contribution in [0.3, 0.4) is 0 Å². The summed E-state index contributed by atoms with van der Waals surface area (Å²) in [6, 6.07) is 10.3. The lowest BCUT2D eigenvalue weighted by atomic mass is 10.1. The van der Waals surface area contributed by atoms with Crippen LogP contribution in [0.4, 0.5) is 0 Å². The first-order chi connectivity index (χ1) is 8.79. The molecule has 0 N–H and O–H groups in total. The van der Waals surface area contributed by atoms with E-state index in [-0.39, 0.29) is 0 Å². The van der Waals surface area contributed by atoms with Crippen molar-refractivity contribution in [2.75, 3.05) is 6.61 Å². The largest absolute Gasteiger partial charge is 0.493 e. The van der Waals surface area contributed by atoms with E-state index < -0.39 is 0 Å². The van der Waals surface area contributed by atoms with E-state index in [0.717, 1.165) is 17.5 Å². The van der Waals surface area contributed by atoms with Crippen LogP contribution in [0.5, 0.6) is 5.75 Å². The zero-order chi connectivity index (χ0) is 12.8. The number of pyridine rings is 1. The molecule has 94 valence electrons. The van der Waals surface area contributed by atoms with Crippen LogP contribution < -0.4 is 4.74 Å². The average Bonchev–Trinajstić information content (AvgIpc) is 2.41. The minimum Gasteiger partial charge on any atom is -0.493 e. The Morgan fingerprint density at radius 2 is 1.94 bits per heavy atom. The summed E-state index contributed by atoms with van der Waals surface area (Å²) in [6.07, 6.45) is 4.52. The molecular weight excluding hydrogens is 290 g/mol. The molecule has 0 aliphatic rings. The Labute approximate surface area is 116 Å². The number of hydrogen-bond donors (Lipinski definition) is 0. The number of nitrogens with zero attached hydrogens (tertiary/aromatic N) is 1. The van der Waals surface area contributed by atoms with E-state index in [1.165, 1.54) is 16.7 Å². The SMILES string of the molecule is Cc1ccc(OCCc2ccncc2)c(CBr)c1. The fraction of sp³-hybridized carbons (Fsp3) is 0.267. The lowest BCUT2D eigenvalue weighted by Crippen LogP contribution is -2.03. The second-order valence-corrected chi connectivity index (χ2v) is 4.76. The minimum atomic E-state index is 0.688. The van der Waals surface area contributed by atoms with Gasteiger partial charge in [-0.2, -0.15) is 0 Å². The van der Waals surface area contributed by atoms with Crippen LogP contribution in [0.25, 0.3) is 0 Å². The molecule has 0 radical (unpaired) electrons. The lowest BCUT2D eigenvalue weighted by Gasteiger charge is -2.10. The average molecular weight is 306 g/mol. The summed E-state index contributed by atoms with van der Waals surface area (Å²) in [5.41, 5.74) is 3.70. The smallest absolute Gasteiger partial charge is 0.123 e. The minimum absolute atomic E-state index is 0.688. The van der Waals surface area contributed by atoms with Gasteiger partial charge in [-0.3, -0.25) is 4.98 Å². The van der Waals surface area contributed by atoms with E-state index in [4.69, 9.17) is 4.74 Å². The van der Waals surface area contributed by atoms with Crippen LogP contribution in [0.1, 0.15) is 16.7 Å². The highest BCUT2D eigenvalue weighted by Gasteiger charge is 2.03. The molecule has 0 amide bonds. The van der Waals surface area contributed by atoms with Crippen molar-refractivity contribution < 1.29 is 4.74 Å². The summed E-state index contributed by atoms with van der Waals surface area (Å²) < 4.78 is 5.84. The van der Waals surface area contributed by atoms with Crippen LogP contribution in [0.15, 0.2) is 42.7 Å². The number of aromatic nitrogens is 1. The first-order valence-electron chi connectivity index (χ1n) is 5.97. The number of aryl methyl sites for hydroxylation is 1. The van der Waals surface area contributed by atoms with Gasteiger partial charge >= 0.3 is 0 Å². The Morgan fingerprint density at radius 1 is 1.17 bits per heavy atom. The molecular formula is C15H16BrNO. The molecule has 2 nitrogen and oxygen atoms in total. The van der Waals surface area contributed by atoms with E-state index in [9.17, 15) is 0 Å². The molecule has 3 heteroatoms. The van der Waals surface area contributed by atoms with Crippen LogP contribution in [-0.2, 0) is 11.8 Å². The van der Waals surface area contributed by atoms with E-state index >= 15 is 0 Å². The van der Waals surface area contributed by atoms with E-state index in [1.54, 1.807) is 0 Å². The van der Waals surface area contributed by atoms with Crippen molar-refractivity contribution in [3.63, 3.8) is 0 Å². The lowest BCUT2D eigenvalue weighted by molar-refractivity contribution is 0.319. The number of benzene rings is 1. The molecule has 0 unspecified atom stereocenters. The Kier molecular flexibility index (Phi) is 4.76. The molecule has 1 heterocycles. The highest BCUT2D eigenvalue weighted by atomic mass is 79.9. The fourth-order valence-electron chi connectivity index (χ4n) is 1.78. The normalized spacial score (nSPS) is 10.3. The van der Waals surface area contributed by atoms with Gasteiger partial charge in [0.15, 0.2) is 0 Å². The van der Waals surface area contributed by atoms with Crippen LogP contribution >= 0.6 is 15.9 Å². The van der Waals surface area contributed by atoms with Gasteiger partial charge in [0.25, 0.3) is 0 Å². The number of ether oxygens (including phenoxy) is 1. The molecule has 2 aromatic rings. The van der Waals surface area contributed by atoms with Crippen molar-refractivity contribution in [2.24, 2.45) is 0 Å². The third-order valence-corrected chi connectivity index (χ3v) is 3.36. The Bertz CT molecular complexity index is 499. The van der Waals surface area contributed by atoms with Crippen molar-refractivity contribution in [2.45, 2.75) is 18.7 Å². The van der Waals surface area contributed by atoms with Crippen LogP contribution in [-0.4, -0.2) is 11.6 Å². The number of alkyl halides is 1. The molecule has 0 saturated heterocycles. The second kappa shape index (κ2) is 6.55. The summed E-state index contributed by atoms with van der Waals surface area (Å²) in [7, 11) is 0. The predicted molar refractivity (Wildman–Crippen MR) is 77.2 cm³/mol. The summed E-state index contributed by atoms with van der Waals surface area (Å²) in [5.74, 6) is 0.964. The maximum atomic E-state index is 5.84. The summed E-state index contributed by atoms with van der Waals surface area (Å²) in [5, 5.41) is 0.819. The summed E-state index contributed by atoms with van der Waals surface area (Å²) >= 11 is 3.49. The van der Waals surface area contributed by atoms with Crippen molar-refractivity contribution in [3.8, 4) is 5.75 Å². The molecule has 0 aliphatic carbocycles. The Balaban J connectivity index is 1.94. The standard InChI is InChI=1S/C15H16BrNO/c1-12-2-3-15(14(10-12)11-16)18-9-6-13-4-7-17-8-5-13/h2-5,7-8,10H,6,9,11H2,1H3. The van der Waals surface area contributed by atoms with Crippen LogP contribution in [0.2, 0.25) is 0 Å². The fourth-order valence-corrected chi connectivity index (χ4v) is 2.22. The number of hydrogen-bond acceptors (Lipinski definition) is 2. The van der Waals surface area contributed by atoms with Gasteiger partial charge in [0.1, 0.15) is 5.75 Å². The van der Waals surface area contributed by atoms with Gasteiger partial charge in [0, 0.05) is 29.7 Å². The maximum absolute atomic E-state index is 5.84. The van der Waals surface area contributed by atoms with Gasteiger partial charge in [0.2, 0.25) is 0 Å². The first-order valence-corrected chi connectivity index (χ1v) is 7.09. The predicted octanol–water partition coefficient (Wildman–Crippen LogP) is 3.91. The summed E-state index contributed by atoms with van der Waals surface area (Å²) in [4.78, 5) is 4.00. The van der Waals surface area contributed by atoms with Gasteiger partial charge in [-0.05, 0) is 30.7 Å². The molecule has 0 bridgehead atoms. The number of rotatable bonds is 5. The molecule has 0 aliphatic heterocycles. The van der Waals surface area contributed by atoms with Crippen molar-refractivity contribution in [1.82, 2.24) is 4.98 Å². The molecule has 2 rings (SSSR count). The molecule has 18 heavy (non-hydrogen) atoms. The third-order valence-electron chi connectivity index (χ3n) is 2.76. The molecule has 0 fully saturated rings. The highest BCUT2D eigenvalue weighted by Crippen LogP contribution is 2.22. The molecule has 1 aromatic carbocycles. The van der Waals surface area contributed by atoms with Crippen molar-refractivity contribution in [3.05, 3.63) is 59.4 Å². The van der Waals surface area contributed by atoms with Crippen molar-refractivity contribution >= 4 is 15.9 Å². The summed E-state index contributed by atoms with van der Waals surface area (Å²) in [6.45, 7) is 2.78. The Hall–Kier alpha value is -1.35. The quantitative estimate of drug-likeness (QED) is 0.782. The van der Waals surface area contributed by atoms with E-state index in [0.29, 0.717) is 6.61 Å². The van der Waals surface area contributed by atoms with Crippen molar-refractivity contribution in [1.29, 1.82) is 0 Å². The highest BCUT2D eigenvalue weighted by molar-refractivity contribution is 9.08. The number of halogens is 1. The first kappa shape index (κ1) is 13.1. The van der Waals surface area contributed by atoms with Crippen LogP contribution in [0, 0.1) is 6.92 Å². The third kappa shape index (κ3) is 3.57.